The number of rotatable bonds is 5. The molecule has 2 unspecified atom stereocenters. The van der Waals surface area contributed by atoms with Crippen LogP contribution in [-0.4, -0.2) is 17.0 Å². The van der Waals surface area contributed by atoms with Gasteiger partial charge in [-0.15, -0.1) is 0 Å². The predicted molar refractivity (Wildman–Crippen MR) is 81.9 cm³/mol. The maximum atomic E-state index is 12.0. The van der Waals surface area contributed by atoms with Crippen molar-refractivity contribution in [2.24, 2.45) is 5.92 Å². The minimum absolute atomic E-state index is 0.202. The molecule has 2 aromatic rings. The number of aliphatic carboxylic acids is 1. The normalized spacial score (nSPS) is 13.6. The number of hydrogen-bond donors (Lipinski definition) is 2. The Hall–Kier alpha value is -2.36. The Morgan fingerprint density at radius 1 is 1.14 bits per heavy atom. The van der Waals surface area contributed by atoms with Crippen LogP contribution >= 0.6 is 0 Å². The summed E-state index contributed by atoms with van der Waals surface area (Å²) in [5.74, 6) is -1.49. The van der Waals surface area contributed by atoms with Crippen molar-refractivity contribution in [3.8, 4) is 0 Å². The summed E-state index contributed by atoms with van der Waals surface area (Å²) in [6.07, 6.45) is 0.676. The van der Waals surface area contributed by atoms with E-state index in [2.05, 4.69) is 5.32 Å². The molecular weight excluding hydrogens is 266 g/mol. The van der Waals surface area contributed by atoms with Gasteiger partial charge in [-0.25, -0.2) is 4.79 Å². The van der Waals surface area contributed by atoms with E-state index in [0.29, 0.717) is 12.0 Å². The molecule has 0 fully saturated rings. The zero-order chi connectivity index (χ0) is 15.4. The van der Waals surface area contributed by atoms with E-state index in [4.69, 9.17) is 0 Å². The van der Waals surface area contributed by atoms with E-state index >= 15 is 0 Å². The van der Waals surface area contributed by atoms with Crippen molar-refractivity contribution >= 4 is 22.6 Å². The topological polar surface area (TPSA) is 66.4 Å². The van der Waals surface area contributed by atoms with Gasteiger partial charge in [0, 0.05) is 5.92 Å². The Morgan fingerprint density at radius 3 is 2.43 bits per heavy atom. The van der Waals surface area contributed by atoms with Crippen LogP contribution < -0.4 is 5.32 Å². The second kappa shape index (κ2) is 6.39. The Morgan fingerprint density at radius 2 is 1.81 bits per heavy atom. The van der Waals surface area contributed by atoms with Crippen LogP contribution in [0.1, 0.15) is 31.9 Å². The van der Waals surface area contributed by atoms with Crippen LogP contribution in [0.5, 0.6) is 0 Å². The number of amides is 1. The van der Waals surface area contributed by atoms with Gasteiger partial charge < -0.3 is 10.4 Å². The second-order valence-electron chi connectivity index (χ2n) is 5.20. The van der Waals surface area contributed by atoms with Gasteiger partial charge in [-0.05, 0) is 28.8 Å². The molecule has 0 aliphatic rings. The molecule has 0 saturated heterocycles. The first kappa shape index (κ1) is 15.0. The molecule has 0 aliphatic carbocycles. The SMILES string of the molecule is CCC(C)C(=O)NC(C(=O)O)c1ccc2ccccc2c1. The molecule has 2 rings (SSSR count). The summed E-state index contributed by atoms with van der Waals surface area (Å²) in [4.78, 5) is 23.4. The average molecular weight is 285 g/mol. The summed E-state index contributed by atoms with van der Waals surface area (Å²) in [5, 5.41) is 14.0. The van der Waals surface area contributed by atoms with E-state index in [1.807, 2.05) is 43.3 Å². The van der Waals surface area contributed by atoms with Crippen LogP contribution in [-0.2, 0) is 9.59 Å². The smallest absolute Gasteiger partial charge is 0.330 e. The molecule has 0 spiro atoms. The van der Waals surface area contributed by atoms with Crippen molar-refractivity contribution in [2.75, 3.05) is 0 Å². The number of fused-ring (bicyclic) bond motifs is 1. The average Bonchev–Trinajstić information content (AvgIpc) is 2.50. The molecule has 0 aromatic heterocycles. The second-order valence-corrected chi connectivity index (χ2v) is 5.20. The van der Waals surface area contributed by atoms with Gasteiger partial charge in [0.1, 0.15) is 0 Å². The molecule has 0 bridgehead atoms. The standard InChI is InChI=1S/C17H19NO3/c1-3-11(2)16(19)18-15(17(20)21)14-9-8-12-6-4-5-7-13(12)10-14/h4-11,15H,3H2,1-2H3,(H,18,19)(H,20,21). The van der Waals surface area contributed by atoms with Crippen molar-refractivity contribution in [2.45, 2.75) is 26.3 Å². The van der Waals surface area contributed by atoms with Crippen LogP contribution in [0.25, 0.3) is 10.8 Å². The fraction of sp³-hybridized carbons (Fsp3) is 0.294. The quantitative estimate of drug-likeness (QED) is 0.887. The van der Waals surface area contributed by atoms with Gasteiger partial charge >= 0.3 is 5.97 Å². The Bertz CT molecular complexity index is 666. The maximum Gasteiger partial charge on any atom is 0.330 e. The van der Waals surface area contributed by atoms with E-state index in [1.54, 1.807) is 13.0 Å². The summed E-state index contributed by atoms with van der Waals surface area (Å²) in [6, 6.07) is 12.1. The number of carbonyl (C=O) groups is 2. The van der Waals surface area contributed by atoms with Crippen molar-refractivity contribution in [1.82, 2.24) is 5.32 Å². The van der Waals surface area contributed by atoms with Crippen LogP contribution in [0.3, 0.4) is 0 Å². The van der Waals surface area contributed by atoms with Crippen molar-refractivity contribution in [3.63, 3.8) is 0 Å². The fourth-order valence-corrected chi connectivity index (χ4v) is 2.14. The molecule has 0 saturated carbocycles. The lowest BCUT2D eigenvalue weighted by Crippen LogP contribution is -2.36. The lowest BCUT2D eigenvalue weighted by Gasteiger charge is -2.18. The van der Waals surface area contributed by atoms with Crippen LogP contribution in [0.2, 0.25) is 0 Å². The third-order valence-corrected chi connectivity index (χ3v) is 3.70. The first-order valence-corrected chi connectivity index (χ1v) is 7.04. The summed E-state index contributed by atoms with van der Waals surface area (Å²) in [6.45, 7) is 3.69. The first-order chi connectivity index (χ1) is 10.0. The predicted octanol–water partition coefficient (Wildman–Crippen LogP) is 3.13. The van der Waals surface area contributed by atoms with Gasteiger partial charge in [0.25, 0.3) is 0 Å². The lowest BCUT2D eigenvalue weighted by molar-refractivity contribution is -0.142. The highest BCUT2D eigenvalue weighted by Crippen LogP contribution is 2.21. The molecule has 21 heavy (non-hydrogen) atoms. The molecule has 110 valence electrons. The monoisotopic (exact) mass is 285 g/mol. The van der Waals surface area contributed by atoms with Crippen LogP contribution in [0.15, 0.2) is 42.5 Å². The highest BCUT2D eigenvalue weighted by molar-refractivity contribution is 5.88. The molecule has 4 heteroatoms. The van der Waals surface area contributed by atoms with E-state index < -0.39 is 12.0 Å². The number of carboxylic acids is 1. The van der Waals surface area contributed by atoms with Gasteiger partial charge in [0.05, 0.1) is 0 Å². The summed E-state index contributed by atoms with van der Waals surface area (Å²) >= 11 is 0. The number of carbonyl (C=O) groups excluding carboxylic acids is 1. The number of carboxylic acid groups (broad SMARTS) is 1. The molecule has 1 amide bonds. The molecule has 0 aliphatic heterocycles. The zero-order valence-electron chi connectivity index (χ0n) is 12.2. The van der Waals surface area contributed by atoms with Gasteiger partial charge in [-0.1, -0.05) is 50.2 Å². The molecular formula is C17H19NO3. The first-order valence-electron chi connectivity index (χ1n) is 7.04. The number of hydrogen-bond acceptors (Lipinski definition) is 2. The van der Waals surface area contributed by atoms with E-state index in [0.717, 1.165) is 10.8 Å². The molecule has 4 nitrogen and oxygen atoms in total. The number of benzene rings is 2. The Labute approximate surface area is 123 Å². The van der Waals surface area contributed by atoms with Gasteiger partial charge in [0.15, 0.2) is 6.04 Å². The minimum Gasteiger partial charge on any atom is -0.479 e. The summed E-state index contributed by atoms with van der Waals surface area (Å²) in [5.41, 5.74) is 0.581. The highest BCUT2D eigenvalue weighted by atomic mass is 16.4. The minimum atomic E-state index is -1.05. The van der Waals surface area contributed by atoms with Crippen molar-refractivity contribution in [3.05, 3.63) is 48.0 Å². The Balaban J connectivity index is 2.32. The van der Waals surface area contributed by atoms with Gasteiger partial charge in [0.2, 0.25) is 5.91 Å². The fourth-order valence-electron chi connectivity index (χ4n) is 2.14. The zero-order valence-corrected chi connectivity index (χ0v) is 12.2. The molecule has 2 aromatic carbocycles. The molecule has 2 N–H and O–H groups in total. The van der Waals surface area contributed by atoms with Crippen LogP contribution in [0, 0.1) is 5.92 Å². The van der Waals surface area contributed by atoms with Crippen LogP contribution in [0.4, 0.5) is 0 Å². The largest absolute Gasteiger partial charge is 0.479 e. The maximum absolute atomic E-state index is 12.0. The Kier molecular flexibility index (Phi) is 4.58. The van der Waals surface area contributed by atoms with Crippen molar-refractivity contribution < 1.29 is 14.7 Å². The van der Waals surface area contributed by atoms with E-state index in [1.165, 1.54) is 0 Å². The highest BCUT2D eigenvalue weighted by Gasteiger charge is 2.24. The molecule has 2 atom stereocenters. The third-order valence-electron chi connectivity index (χ3n) is 3.70. The summed E-state index contributed by atoms with van der Waals surface area (Å²) in [7, 11) is 0. The summed E-state index contributed by atoms with van der Waals surface area (Å²) < 4.78 is 0. The van der Waals surface area contributed by atoms with E-state index in [9.17, 15) is 14.7 Å². The molecule has 0 heterocycles. The number of nitrogens with one attached hydrogen (secondary N) is 1. The van der Waals surface area contributed by atoms with Gasteiger partial charge in [-0.3, -0.25) is 4.79 Å². The lowest BCUT2D eigenvalue weighted by atomic mass is 10.0. The van der Waals surface area contributed by atoms with Gasteiger partial charge in [-0.2, -0.15) is 0 Å². The molecule has 0 radical (unpaired) electrons. The van der Waals surface area contributed by atoms with Crippen molar-refractivity contribution in [1.29, 1.82) is 0 Å². The third kappa shape index (κ3) is 3.40. The van der Waals surface area contributed by atoms with E-state index in [-0.39, 0.29) is 11.8 Å².